The van der Waals surface area contributed by atoms with Crippen molar-refractivity contribution in [2.75, 3.05) is 5.75 Å². The number of aryl methyl sites for hydroxylation is 1. The van der Waals surface area contributed by atoms with E-state index in [0.29, 0.717) is 29.8 Å². The molecule has 0 bridgehead atoms. The molecule has 44 heavy (non-hydrogen) atoms. The third kappa shape index (κ3) is 4.28. The topological polar surface area (TPSA) is 68.0 Å². The SMILES string of the molecule is Cc1ccccc1-n1ncc2c1C=C1CCC3C(C(O)CC4(C)C(C(=O)CSc5ccc6ccccc6n5)CCC34)C1(C)C2. The Labute approximate surface area is 264 Å². The molecule has 5 nitrogen and oxygen atoms in total. The van der Waals surface area contributed by atoms with Crippen molar-refractivity contribution in [3.63, 3.8) is 0 Å². The number of hydrogen-bond acceptors (Lipinski definition) is 5. The Kier molecular flexibility index (Phi) is 6.69. The third-order valence-electron chi connectivity index (χ3n) is 12.1. The summed E-state index contributed by atoms with van der Waals surface area (Å²) in [6, 6.07) is 20.7. The number of aromatic nitrogens is 3. The molecule has 3 saturated carbocycles. The lowest BCUT2D eigenvalue weighted by atomic mass is 9.46. The molecule has 1 N–H and O–H groups in total. The van der Waals surface area contributed by atoms with Crippen LogP contribution < -0.4 is 0 Å². The summed E-state index contributed by atoms with van der Waals surface area (Å²) in [6.45, 7) is 6.87. The first-order valence-corrected chi connectivity index (χ1v) is 17.3. The molecule has 7 unspecified atom stereocenters. The number of allylic oxidation sites excluding steroid dienone is 1. The summed E-state index contributed by atoms with van der Waals surface area (Å²) in [5.41, 5.74) is 7.02. The number of benzene rings is 2. The van der Waals surface area contributed by atoms with Crippen molar-refractivity contribution < 1.29 is 9.90 Å². The van der Waals surface area contributed by atoms with Gasteiger partial charge in [0.25, 0.3) is 0 Å². The van der Waals surface area contributed by atoms with E-state index in [2.05, 4.69) is 74.1 Å². The minimum absolute atomic E-state index is 0.00565. The van der Waals surface area contributed by atoms with Gasteiger partial charge in [0.2, 0.25) is 0 Å². The van der Waals surface area contributed by atoms with Gasteiger partial charge in [0, 0.05) is 11.3 Å². The van der Waals surface area contributed by atoms with Gasteiger partial charge in [-0.1, -0.05) is 73.6 Å². The molecule has 8 rings (SSSR count). The fraction of sp³-hybridized carbons (Fsp3) is 0.447. The molecule has 226 valence electrons. The zero-order valence-corrected chi connectivity index (χ0v) is 26.7. The van der Waals surface area contributed by atoms with Crippen molar-refractivity contribution in [3.05, 3.63) is 89.3 Å². The first kappa shape index (κ1) is 28.3. The lowest BCUT2D eigenvalue weighted by molar-refractivity contribution is -0.140. The predicted molar refractivity (Wildman–Crippen MR) is 177 cm³/mol. The van der Waals surface area contributed by atoms with Crippen LogP contribution in [0.1, 0.15) is 62.8 Å². The molecule has 0 aliphatic heterocycles. The zero-order chi connectivity index (χ0) is 30.2. The second kappa shape index (κ2) is 10.4. The van der Waals surface area contributed by atoms with Crippen LogP contribution in [0, 0.1) is 41.4 Å². The standard InChI is InChI=1S/C38H41N3O2S/c1-23-8-4-7-11-31(23)41-32-18-26-13-14-27-28-15-16-29(34(43)22-44-35-17-12-24-9-5-6-10-30(24)40-35)38(28,3)20-33(42)36(27)37(26,2)19-25(32)21-39-41/h4-12,17-18,21,27-29,33,36,42H,13-16,19-20,22H2,1-3H3. The first-order valence-electron chi connectivity index (χ1n) is 16.3. The van der Waals surface area contributed by atoms with E-state index >= 15 is 0 Å². The van der Waals surface area contributed by atoms with Gasteiger partial charge in [0.05, 0.1) is 40.0 Å². The Bertz CT molecular complexity index is 1810. The van der Waals surface area contributed by atoms with E-state index < -0.39 is 6.10 Å². The molecule has 2 heterocycles. The Morgan fingerprint density at radius 1 is 1.05 bits per heavy atom. The number of ketones is 1. The average Bonchev–Trinajstić information content (AvgIpc) is 3.58. The molecular formula is C38H41N3O2S. The fourth-order valence-corrected chi connectivity index (χ4v) is 10.9. The number of pyridine rings is 1. The van der Waals surface area contributed by atoms with Crippen molar-refractivity contribution in [2.45, 2.75) is 70.4 Å². The van der Waals surface area contributed by atoms with Gasteiger partial charge in [-0.2, -0.15) is 5.10 Å². The quantitative estimate of drug-likeness (QED) is 0.235. The molecule has 6 heteroatoms. The number of rotatable bonds is 5. The van der Waals surface area contributed by atoms with Crippen molar-refractivity contribution in [2.24, 2.45) is 34.5 Å². The summed E-state index contributed by atoms with van der Waals surface area (Å²) in [5, 5.41) is 18.9. The molecule has 4 aliphatic rings. The number of para-hydroxylation sites is 2. The van der Waals surface area contributed by atoms with E-state index in [1.165, 1.54) is 22.4 Å². The Balaban J connectivity index is 1.03. The molecule has 0 spiro atoms. The van der Waals surface area contributed by atoms with Crippen LogP contribution in [0.5, 0.6) is 0 Å². The molecule has 7 atom stereocenters. The van der Waals surface area contributed by atoms with Crippen LogP contribution in [0.2, 0.25) is 0 Å². The Morgan fingerprint density at radius 3 is 2.73 bits per heavy atom. The Hall–Kier alpha value is -3.22. The van der Waals surface area contributed by atoms with Crippen LogP contribution in [0.15, 0.2) is 77.5 Å². The number of aliphatic hydroxyl groups excluding tert-OH is 1. The summed E-state index contributed by atoms with van der Waals surface area (Å²) in [6.07, 6.45) is 9.84. The maximum absolute atomic E-state index is 13.8. The molecule has 0 amide bonds. The normalized spacial score (nSPS) is 32.4. The number of nitrogens with zero attached hydrogens (tertiary/aromatic N) is 3. The highest BCUT2D eigenvalue weighted by Gasteiger charge is 2.63. The summed E-state index contributed by atoms with van der Waals surface area (Å²) in [4.78, 5) is 18.6. The van der Waals surface area contributed by atoms with Gasteiger partial charge in [-0.05, 0) is 109 Å². The Morgan fingerprint density at radius 2 is 1.86 bits per heavy atom. The number of Topliss-reactive ketones (excluding diaryl/α,β-unsaturated/α-hetero) is 1. The van der Waals surface area contributed by atoms with Gasteiger partial charge in [-0.3, -0.25) is 4.79 Å². The van der Waals surface area contributed by atoms with Crippen LogP contribution in [-0.4, -0.2) is 37.5 Å². The van der Waals surface area contributed by atoms with E-state index in [1.54, 1.807) is 11.8 Å². The number of carbonyl (C=O) groups excluding carboxylic acids is 1. The number of fused-ring (bicyclic) bond motifs is 7. The first-order chi connectivity index (χ1) is 21.3. The lowest BCUT2D eigenvalue weighted by Crippen LogP contribution is -2.57. The highest BCUT2D eigenvalue weighted by atomic mass is 32.2. The highest BCUT2D eigenvalue weighted by molar-refractivity contribution is 7.99. The number of aliphatic hydroxyl groups is 1. The van der Waals surface area contributed by atoms with Gasteiger partial charge in [0.15, 0.2) is 0 Å². The summed E-state index contributed by atoms with van der Waals surface area (Å²) in [5.74, 6) is 1.90. The molecule has 4 aromatic rings. The van der Waals surface area contributed by atoms with Crippen molar-refractivity contribution in [3.8, 4) is 5.69 Å². The van der Waals surface area contributed by atoms with Crippen LogP contribution in [-0.2, 0) is 11.2 Å². The minimum atomic E-state index is -0.411. The fourth-order valence-electron chi connectivity index (χ4n) is 10.1. The largest absolute Gasteiger partial charge is 0.393 e. The van der Waals surface area contributed by atoms with Crippen LogP contribution in [0.25, 0.3) is 22.7 Å². The van der Waals surface area contributed by atoms with E-state index in [1.807, 2.05) is 24.3 Å². The summed E-state index contributed by atoms with van der Waals surface area (Å²) < 4.78 is 2.11. The number of hydrogen-bond donors (Lipinski definition) is 1. The van der Waals surface area contributed by atoms with Crippen molar-refractivity contribution in [1.82, 2.24) is 14.8 Å². The van der Waals surface area contributed by atoms with E-state index in [4.69, 9.17) is 10.1 Å². The summed E-state index contributed by atoms with van der Waals surface area (Å²) in [7, 11) is 0. The predicted octanol–water partition coefficient (Wildman–Crippen LogP) is 7.86. The summed E-state index contributed by atoms with van der Waals surface area (Å²) >= 11 is 1.56. The minimum Gasteiger partial charge on any atom is -0.393 e. The molecule has 2 aromatic carbocycles. The maximum atomic E-state index is 13.8. The second-order valence-electron chi connectivity index (χ2n) is 14.4. The monoisotopic (exact) mass is 603 g/mol. The van der Waals surface area contributed by atoms with Gasteiger partial charge >= 0.3 is 0 Å². The molecule has 0 radical (unpaired) electrons. The smallest absolute Gasteiger partial charge is 0.146 e. The van der Waals surface area contributed by atoms with Crippen LogP contribution in [0.4, 0.5) is 0 Å². The third-order valence-corrected chi connectivity index (χ3v) is 13.0. The second-order valence-corrected chi connectivity index (χ2v) is 15.4. The zero-order valence-electron chi connectivity index (χ0n) is 25.9. The average molecular weight is 604 g/mol. The number of thioether (sulfide) groups is 1. The molecule has 2 aromatic heterocycles. The maximum Gasteiger partial charge on any atom is 0.146 e. The van der Waals surface area contributed by atoms with Gasteiger partial charge in [-0.15, -0.1) is 0 Å². The van der Waals surface area contributed by atoms with Gasteiger partial charge in [-0.25, -0.2) is 9.67 Å². The molecular weight excluding hydrogens is 563 g/mol. The van der Waals surface area contributed by atoms with Gasteiger partial charge < -0.3 is 5.11 Å². The van der Waals surface area contributed by atoms with Crippen LogP contribution >= 0.6 is 11.8 Å². The van der Waals surface area contributed by atoms with Crippen molar-refractivity contribution in [1.29, 1.82) is 0 Å². The molecule has 3 fully saturated rings. The van der Waals surface area contributed by atoms with E-state index in [9.17, 15) is 9.90 Å². The van der Waals surface area contributed by atoms with Gasteiger partial charge in [0.1, 0.15) is 5.78 Å². The van der Waals surface area contributed by atoms with Crippen LogP contribution in [0.3, 0.4) is 0 Å². The van der Waals surface area contributed by atoms with E-state index in [-0.39, 0.29) is 22.7 Å². The van der Waals surface area contributed by atoms with Crippen molar-refractivity contribution >= 4 is 34.5 Å². The highest BCUT2D eigenvalue weighted by Crippen LogP contribution is 2.66. The molecule has 4 aliphatic carbocycles. The molecule has 0 saturated heterocycles. The number of carbonyl (C=O) groups is 1. The lowest BCUT2D eigenvalue weighted by Gasteiger charge is -2.59. The van der Waals surface area contributed by atoms with E-state index in [0.717, 1.165) is 53.7 Å².